The van der Waals surface area contributed by atoms with Crippen LogP contribution in [0.4, 0.5) is 0 Å². The number of hydrogen-bond donors (Lipinski definition) is 1. The number of esters is 1. The molecule has 0 spiro atoms. The van der Waals surface area contributed by atoms with Crippen molar-refractivity contribution < 1.29 is 28.3 Å². The van der Waals surface area contributed by atoms with Gasteiger partial charge in [-0.1, -0.05) is 92.7 Å². The maximum absolute atomic E-state index is 13.5. The fourth-order valence-corrected chi connectivity index (χ4v) is 7.64. The van der Waals surface area contributed by atoms with E-state index >= 15 is 0 Å². The average molecular weight is 613 g/mol. The number of unbranched alkanes of at least 4 members (excludes halogenated alkanes) is 4. The van der Waals surface area contributed by atoms with Gasteiger partial charge in [-0.15, -0.1) is 0 Å². The van der Waals surface area contributed by atoms with E-state index in [1.807, 2.05) is 0 Å². The lowest BCUT2D eigenvalue weighted by Gasteiger charge is -2.40. The summed E-state index contributed by atoms with van der Waals surface area (Å²) in [5.74, 6) is -0.775. The third kappa shape index (κ3) is 12.0. The van der Waals surface area contributed by atoms with Crippen molar-refractivity contribution in [3.63, 3.8) is 0 Å². The summed E-state index contributed by atoms with van der Waals surface area (Å²) in [4.78, 5) is 24.9. The molecule has 0 saturated heterocycles. The van der Waals surface area contributed by atoms with E-state index in [9.17, 15) is 14.7 Å². The van der Waals surface area contributed by atoms with Gasteiger partial charge in [-0.05, 0) is 55.5 Å². The summed E-state index contributed by atoms with van der Waals surface area (Å²) in [6.45, 7) is 24.7. The molecule has 0 amide bonds. The van der Waals surface area contributed by atoms with Crippen LogP contribution in [0.1, 0.15) is 113 Å². The van der Waals surface area contributed by atoms with E-state index in [1.54, 1.807) is 0 Å². The molecule has 41 heavy (non-hydrogen) atoms. The van der Waals surface area contributed by atoms with Gasteiger partial charge in [0.15, 0.2) is 16.6 Å². The molecule has 240 valence electrons. The Labute approximate surface area is 254 Å². The highest BCUT2D eigenvalue weighted by Crippen LogP contribution is 2.44. The summed E-state index contributed by atoms with van der Waals surface area (Å²) in [6.07, 6.45) is 11.3. The number of carbonyl (C=O) groups is 2. The first kappa shape index (κ1) is 38.2. The highest BCUT2D eigenvalue weighted by Gasteiger charge is 2.49. The lowest BCUT2D eigenvalue weighted by Crippen LogP contribution is -2.45. The monoisotopic (exact) mass is 612 g/mol. The normalized spacial score (nSPS) is 22.4. The second-order valence-corrected chi connectivity index (χ2v) is 24.7. The van der Waals surface area contributed by atoms with Crippen LogP contribution in [0.5, 0.6) is 0 Å². The molecule has 8 heteroatoms. The van der Waals surface area contributed by atoms with Crippen LogP contribution in [-0.2, 0) is 23.2 Å². The van der Waals surface area contributed by atoms with Crippen LogP contribution < -0.4 is 0 Å². The van der Waals surface area contributed by atoms with E-state index in [2.05, 4.69) is 86.8 Å². The van der Waals surface area contributed by atoms with Crippen LogP contribution in [0.3, 0.4) is 0 Å². The van der Waals surface area contributed by atoms with Gasteiger partial charge in [0.2, 0.25) is 0 Å². The fourth-order valence-electron chi connectivity index (χ4n) is 4.99. The average Bonchev–Trinajstić information content (AvgIpc) is 3.14. The zero-order valence-electron chi connectivity index (χ0n) is 28.6. The number of rotatable bonds is 17. The molecule has 1 N–H and O–H groups in total. The number of aliphatic hydroxyl groups excluding tert-OH is 1. The quantitative estimate of drug-likeness (QED) is 0.0767. The molecule has 5 atom stereocenters. The number of carbonyl (C=O) groups excluding carboxylic acids is 2. The van der Waals surface area contributed by atoms with Crippen LogP contribution >= 0.6 is 0 Å². The van der Waals surface area contributed by atoms with Gasteiger partial charge in [0.1, 0.15) is 5.78 Å². The van der Waals surface area contributed by atoms with Crippen molar-refractivity contribution >= 4 is 28.4 Å². The molecule has 0 aromatic heterocycles. The highest BCUT2D eigenvalue weighted by atomic mass is 28.4. The minimum atomic E-state index is -2.14. The Balaban J connectivity index is 3.24. The number of ketones is 1. The summed E-state index contributed by atoms with van der Waals surface area (Å²) >= 11 is 0. The summed E-state index contributed by atoms with van der Waals surface area (Å²) in [5, 5.41) is 11.5. The Morgan fingerprint density at radius 2 is 1.54 bits per heavy atom. The topological polar surface area (TPSA) is 82.1 Å². The molecule has 0 aromatic carbocycles. The van der Waals surface area contributed by atoms with Gasteiger partial charge in [-0.3, -0.25) is 9.59 Å². The predicted octanol–water partition coefficient (Wildman–Crippen LogP) is 8.59. The molecule has 0 heterocycles. The molecule has 6 nitrogen and oxygen atoms in total. The van der Waals surface area contributed by atoms with Crippen molar-refractivity contribution in [2.45, 2.75) is 167 Å². The molecule has 0 radical (unpaired) electrons. The summed E-state index contributed by atoms with van der Waals surface area (Å²) in [7, 11) is -2.73. The Morgan fingerprint density at radius 3 is 2.07 bits per heavy atom. The molecule has 1 fully saturated rings. The van der Waals surface area contributed by atoms with Crippen LogP contribution in [0.25, 0.3) is 0 Å². The SMILES string of the molecule is CCCCC[C@H](/C=C/[C@H]1C(C(O)CCCCCC(=O)OC)C(=O)C[C@@H]1O[Si](C)(C)C(C)(C)C)O[Si](C)(C)C(C)(C)C. The molecule has 0 bridgehead atoms. The van der Waals surface area contributed by atoms with E-state index in [0.717, 1.165) is 38.5 Å². The Kier molecular flexibility index (Phi) is 15.2. The Bertz CT molecular complexity index is 840. The molecule has 1 saturated carbocycles. The lowest BCUT2D eigenvalue weighted by molar-refractivity contribution is -0.140. The van der Waals surface area contributed by atoms with E-state index in [-0.39, 0.29) is 40.0 Å². The van der Waals surface area contributed by atoms with E-state index in [1.165, 1.54) is 13.5 Å². The van der Waals surface area contributed by atoms with Crippen molar-refractivity contribution in [1.82, 2.24) is 0 Å². The zero-order valence-corrected chi connectivity index (χ0v) is 30.6. The number of aliphatic hydroxyl groups is 1. The second-order valence-electron chi connectivity index (χ2n) is 15.2. The van der Waals surface area contributed by atoms with Crippen molar-refractivity contribution in [3.8, 4) is 0 Å². The molecular formula is C33H64O6Si2. The van der Waals surface area contributed by atoms with Crippen LogP contribution in [-0.4, -0.2) is 58.9 Å². The van der Waals surface area contributed by atoms with E-state index in [0.29, 0.717) is 19.3 Å². The standard InChI is InChI=1S/C33H64O6Si2/c1-13-14-16-19-25(38-40(9,10)32(2,3)4)22-23-26-29(39-41(11,12)33(5,6)7)24-28(35)31(26)27(34)20-17-15-18-21-30(36)37-8/h22-23,25-27,29,31,34H,13-21,24H2,1-12H3/b23-22+/t25-,26-,27?,29+,31?/m1/s1. The Morgan fingerprint density at radius 1 is 0.951 bits per heavy atom. The van der Waals surface area contributed by atoms with E-state index in [4.69, 9.17) is 13.6 Å². The van der Waals surface area contributed by atoms with Gasteiger partial charge < -0.3 is 18.7 Å². The minimum Gasteiger partial charge on any atom is -0.469 e. The molecule has 1 aliphatic rings. The molecular weight excluding hydrogens is 549 g/mol. The summed E-state index contributed by atoms with van der Waals surface area (Å²) < 4.78 is 18.5. The predicted molar refractivity (Wildman–Crippen MR) is 175 cm³/mol. The van der Waals surface area contributed by atoms with E-state index < -0.39 is 28.7 Å². The van der Waals surface area contributed by atoms with Gasteiger partial charge in [-0.2, -0.15) is 0 Å². The third-order valence-electron chi connectivity index (χ3n) is 9.79. The number of Topliss-reactive ketones (excluding diaryl/α,β-unsaturated/α-hetero) is 1. The number of hydrogen-bond acceptors (Lipinski definition) is 6. The van der Waals surface area contributed by atoms with Crippen LogP contribution in [0.2, 0.25) is 36.3 Å². The Hall–Kier alpha value is -0.806. The minimum absolute atomic E-state index is 0.0113. The highest BCUT2D eigenvalue weighted by molar-refractivity contribution is 6.74. The first-order valence-electron chi connectivity index (χ1n) is 16.1. The van der Waals surface area contributed by atoms with Gasteiger partial charge >= 0.3 is 5.97 Å². The number of ether oxygens (including phenoxy) is 1. The maximum atomic E-state index is 13.5. The molecule has 0 aromatic rings. The first-order valence-corrected chi connectivity index (χ1v) is 21.9. The second kappa shape index (κ2) is 16.3. The summed E-state index contributed by atoms with van der Waals surface area (Å²) in [5.41, 5.74) is 0. The molecule has 2 unspecified atom stereocenters. The fraction of sp³-hybridized carbons (Fsp3) is 0.879. The molecule has 1 aliphatic carbocycles. The van der Waals surface area contributed by atoms with Crippen molar-refractivity contribution in [3.05, 3.63) is 12.2 Å². The van der Waals surface area contributed by atoms with Gasteiger partial charge in [0.05, 0.1) is 31.3 Å². The number of methoxy groups -OCH3 is 1. The summed E-state index contributed by atoms with van der Waals surface area (Å²) in [6, 6.07) is 0. The smallest absolute Gasteiger partial charge is 0.305 e. The van der Waals surface area contributed by atoms with Gasteiger partial charge in [0.25, 0.3) is 0 Å². The largest absolute Gasteiger partial charge is 0.469 e. The van der Waals surface area contributed by atoms with Crippen LogP contribution in [0.15, 0.2) is 12.2 Å². The van der Waals surface area contributed by atoms with Crippen molar-refractivity contribution in [2.24, 2.45) is 11.8 Å². The lowest BCUT2D eigenvalue weighted by atomic mass is 9.86. The van der Waals surface area contributed by atoms with Crippen LogP contribution in [0, 0.1) is 11.8 Å². The van der Waals surface area contributed by atoms with Gasteiger partial charge in [0, 0.05) is 18.8 Å². The van der Waals surface area contributed by atoms with Crippen molar-refractivity contribution in [2.75, 3.05) is 7.11 Å². The molecule has 0 aliphatic heterocycles. The third-order valence-corrected chi connectivity index (χ3v) is 18.8. The zero-order chi connectivity index (χ0) is 31.6. The molecule has 1 rings (SSSR count). The maximum Gasteiger partial charge on any atom is 0.305 e. The van der Waals surface area contributed by atoms with Gasteiger partial charge in [-0.25, -0.2) is 0 Å². The first-order chi connectivity index (χ1) is 18.8. The van der Waals surface area contributed by atoms with Crippen molar-refractivity contribution in [1.29, 1.82) is 0 Å².